The minimum absolute atomic E-state index is 0.525. The van der Waals surface area contributed by atoms with Gasteiger partial charge in [0, 0.05) is 29.7 Å². The molecule has 0 fully saturated rings. The molecule has 1 aromatic carbocycles. The van der Waals surface area contributed by atoms with Crippen molar-refractivity contribution >= 4 is 16.5 Å². The zero-order valence-electron chi connectivity index (χ0n) is 16.3. The third kappa shape index (κ3) is 4.00. The first-order valence-corrected chi connectivity index (χ1v) is 10.3. The van der Waals surface area contributed by atoms with Gasteiger partial charge >= 0.3 is 0 Å². The maximum Gasteiger partial charge on any atom is 0.0485 e. The molecular weight excluding hydrogens is 304 g/mol. The Balaban J connectivity index is 2.01. The molecule has 3 rings (SSSR count). The smallest absolute Gasteiger partial charge is 0.0485 e. The zero-order valence-corrected chi connectivity index (χ0v) is 16.3. The number of fused-ring (bicyclic) bond motifs is 3. The summed E-state index contributed by atoms with van der Waals surface area (Å²) in [5.41, 5.74) is 5.99. The Morgan fingerprint density at radius 2 is 1.92 bits per heavy atom. The minimum atomic E-state index is 0.525. The van der Waals surface area contributed by atoms with Crippen LogP contribution >= 0.6 is 0 Å². The first-order valence-electron chi connectivity index (χ1n) is 10.3. The van der Waals surface area contributed by atoms with Crippen molar-refractivity contribution in [1.82, 2.24) is 9.88 Å². The van der Waals surface area contributed by atoms with Gasteiger partial charge in [-0.05, 0) is 49.4 Å². The van der Waals surface area contributed by atoms with Gasteiger partial charge in [0.25, 0.3) is 0 Å². The van der Waals surface area contributed by atoms with E-state index in [4.69, 9.17) is 0 Å². The Hall–Kier alpha value is -1.54. The van der Waals surface area contributed by atoms with E-state index in [9.17, 15) is 0 Å². The molecule has 2 aromatic rings. The first kappa shape index (κ1) is 18.3. The van der Waals surface area contributed by atoms with Gasteiger partial charge in [0.1, 0.15) is 0 Å². The quantitative estimate of drug-likeness (QED) is 0.627. The number of aromatic nitrogens is 1. The highest BCUT2D eigenvalue weighted by Gasteiger charge is 2.21. The fourth-order valence-electron chi connectivity index (χ4n) is 4.34. The van der Waals surface area contributed by atoms with Crippen molar-refractivity contribution in [3.63, 3.8) is 0 Å². The molecule has 1 atom stereocenters. The van der Waals surface area contributed by atoms with Crippen molar-refractivity contribution in [1.29, 1.82) is 0 Å². The fraction of sp³-hybridized carbons (Fsp3) is 0.565. The van der Waals surface area contributed by atoms with Crippen molar-refractivity contribution in [3.05, 3.63) is 41.6 Å². The van der Waals surface area contributed by atoms with Crippen molar-refractivity contribution < 1.29 is 0 Å². The van der Waals surface area contributed by atoms with Crippen LogP contribution in [0.15, 0.2) is 30.3 Å². The lowest BCUT2D eigenvalue weighted by atomic mass is 9.94. The molecule has 0 saturated carbocycles. The summed E-state index contributed by atoms with van der Waals surface area (Å²) in [4.78, 5) is 0. The molecular formula is C23H34N2. The molecule has 0 amide bonds. The number of hydrogen-bond acceptors (Lipinski definition) is 1. The maximum atomic E-state index is 3.78. The number of para-hydroxylation sites is 1. The molecule has 1 aliphatic rings. The SMILES string of the molecule is CCCCCC/C1=C/C(CCC)NCCc2c1n(C)c1ccccc21. The van der Waals surface area contributed by atoms with Crippen LogP contribution in [0, 0.1) is 0 Å². The van der Waals surface area contributed by atoms with Crippen LogP contribution in [0.25, 0.3) is 16.5 Å². The number of nitrogens with zero attached hydrogens (tertiary/aromatic N) is 1. The van der Waals surface area contributed by atoms with Gasteiger partial charge in [0.15, 0.2) is 0 Å². The Labute approximate surface area is 153 Å². The predicted octanol–water partition coefficient (Wildman–Crippen LogP) is 5.85. The van der Waals surface area contributed by atoms with E-state index >= 15 is 0 Å². The number of unbranched alkanes of at least 4 members (excludes halogenated alkanes) is 3. The van der Waals surface area contributed by atoms with Crippen LogP contribution in [0.4, 0.5) is 0 Å². The van der Waals surface area contributed by atoms with Gasteiger partial charge in [0.05, 0.1) is 0 Å². The molecule has 1 aromatic heterocycles. The van der Waals surface area contributed by atoms with E-state index in [1.54, 1.807) is 11.1 Å². The third-order valence-corrected chi connectivity index (χ3v) is 5.60. The number of benzene rings is 1. The predicted molar refractivity (Wildman–Crippen MR) is 110 cm³/mol. The van der Waals surface area contributed by atoms with Crippen molar-refractivity contribution in [2.24, 2.45) is 7.05 Å². The van der Waals surface area contributed by atoms with Gasteiger partial charge in [-0.1, -0.05) is 63.8 Å². The molecule has 2 heteroatoms. The highest BCUT2D eigenvalue weighted by Crippen LogP contribution is 2.34. The van der Waals surface area contributed by atoms with E-state index < -0.39 is 0 Å². The molecule has 25 heavy (non-hydrogen) atoms. The van der Waals surface area contributed by atoms with Crippen molar-refractivity contribution in [2.75, 3.05) is 6.54 Å². The largest absolute Gasteiger partial charge is 0.344 e. The number of allylic oxidation sites excluding steroid dienone is 1. The molecule has 0 bridgehead atoms. The lowest BCUT2D eigenvalue weighted by Gasteiger charge is -2.22. The van der Waals surface area contributed by atoms with E-state index in [0.29, 0.717) is 6.04 Å². The summed E-state index contributed by atoms with van der Waals surface area (Å²) >= 11 is 0. The summed E-state index contributed by atoms with van der Waals surface area (Å²) in [7, 11) is 2.25. The lowest BCUT2D eigenvalue weighted by molar-refractivity contribution is 0.547. The van der Waals surface area contributed by atoms with Gasteiger partial charge in [-0.25, -0.2) is 0 Å². The maximum absolute atomic E-state index is 3.78. The van der Waals surface area contributed by atoms with E-state index in [0.717, 1.165) is 13.0 Å². The average molecular weight is 339 g/mol. The molecule has 1 unspecified atom stereocenters. The van der Waals surface area contributed by atoms with E-state index in [2.05, 4.69) is 61.1 Å². The van der Waals surface area contributed by atoms with Crippen molar-refractivity contribution in [3.8, 4) is 0 Å². The molecule has 0 aliphatic carbocycles. The number of aryl methyl sites for hydroxylation is 1. The standard InChI is InChI=1S/C23H34N2/c1-4-6-7-8-12-18-17-19(11-5-2)24-16-15-21-20-13-9-10-14-22(20)25(3)23(18)21/h9-10,13-14,17,19,24H,4-8,11-12,15-16H2,1-3H3/b18-17-. The fourth-order valence-corrected chi connectivity index (χ4v) is 4.34. The molecule has 1 aliphatic heterocycles. The van der Waals surface area contributed by atoms with Crippen molar-refractivity contribution in [2.45, 2.75) is 71.3 Å². The first-order chi connectivity index (χ1) is 12.3. The summed E-state index contributed by atoms with van der Waals surface area (Å²) in [6.07, 6.45) is 12.7. The van der Waals surface area contributed by atoms with Crippen LogP contribution < -0.4 is 5.32 Å². The zero-order chi connectivity index (χ0) is 17.6. The summed E-state index contributed by atoms with van der Waals surface area (Å²) in [6.45, 7) is 5.65. The Morgan fingerprint density at radius 1 is 1.08 bits per heavy atom. The molecule has 2 nitrogen and oxygen atoms in total. The Morgan fingerprint density at radius 3 is 2.72 bits per heavy atom. The van der Waals surface area contributed by atoms with Gasteiger partial charge in [-0.15, -0.1) is 0 Å². The topological polar surface area (TPSA) is 17.0 Å². The minimum Gasteiger partial charge on any atom is -0.344 e. The highest BCUT2D eigenvalue weighted by atomic mass is 15.0. The second-order valence-electron chi connectivity index (χ2n) is 7.51. The summed E-state index contributed by atoms with van der Waals surface area (Å²) < 4.78 is 2.45. The van der Waals surface area contributed by atoms with Gasteiger partial charge < -0.3 is 9.88 Å². The molecule has 0 saturated heterocycles. The van der Waals surface area contributed by atoms with E-state index in [-0.39, 0.29) is 0 Å². The monoisotopic (exact) mass is 338 g/mol. The Kier molecular flexibility index (Phi) is 6.36. The number of hydrogen-bond donors (Lipinski definition) is 1. The summed E-state index contributed by atoms with van der Waals surface area (Å²) in [6, 6.07) is 9.44. The van der Waals surface area contributed by atoms with Gasteiger partial charge in [0.2, 0.25) is 0 Å². The number of nitrogens with one attached hydrogen (secondary N) is 1. The van der Waals surface area contributed by atoms with Crippen LogP contribution in [0.5, 0.6) is 0 Å². The molecule has 136 valence electrons. The second-order valence-corrected chi connectivity index (χ2v) is 7.51. The number of rotatable bonds is 7. The van der Waals surface area contributed by atoms with Crippen LogP contribution in [0.1, 0.15) is 70.1 Å². The molecule has 0 spiro atoms. The van der Waals surface area contributed by atoms with Crippen LogP contribution in [0.2, 0.25) is 0 Å². The average Bonchev–Trinajstić information content (AvgIpc) is 2.88. The second kappa shape index (κ2) is 8.71. The van der Waals surface area contributed by atoms with E-state index in [1.165, 1.54) is 61.5 Å². The Bertz CT molecular complexity index is 723. The molecule has 0 radical (unpaired) electrons. The third-order valence-electron chi connectivity index (χ3n) is 5.60. The summed E-state index contributed by atoms with van der Waals surface area (Å²) in [5.74, 6) is 0. The van der Waals surface area contributed by atoms with E-state index in [1.807, 2.05) is 0 Å². The summed E-state index contributed by atoms with van der Waals surface area (Å²) in [5, 5.41) is 5.22. The van der Waals surface area contributed by atoms with Crippen LogP contribution in [0.3, 0.4) is 0 Å². The molecule has 2 heterocycles. The van der Waals surface area contributed by atoms with Crippen LogP contribution in [-0.2, 0) is 13.5 Å². The highest BCUT2D eigenvalue weighted by molar-refractivity contribution is 5.90. The van der Waals surface area contributed by atoms with Gasteiger partial charge in [-0.3, -0.25) is 0 Å². The van der Waals surface area contributed by atoms with Gasteiger partial charge in [-0.2, -0.15) is 0 Å². The van der Waals surface area contributed by atoms with Crippen LogP contribution in [-0.4, -0.2) is 17.2 Å². The lowest BCUT2D eigenvalue weighted by Crippen LogP contribution is -2.31. The molecule has 1 N–H and O–H groups in total. The normalized spacial score (nSPS) is 20.0.